The number of aromatic nitrogens is 2. The Morgan fingerprint density at radius 2 is 1.62 bits per heavy atom. The van der Waals surface area contributed by atoms with Crippen LogP contribution in [-0.2, 0) is 36.9 Å². The number of amides is 1. The van der Waals surface area contributed by atoms with E-state index in [0.29, 0.717) is 12.2 Å². The second kappa shape index (κ2) is 12.5. The molecular weight excluding hydrogens is 562 g/mol. The Morgan fingerprint density at radius 3 is 2.23 bits per heavy atom. The van der Waals surface area contributed by atoms with E-state index in [9.17, 15) is 14.4 Å². The lowest BCUT2D eigenvalue weighted by Gasteiger charge is -2.40. The molecule has 1 aliphatic heterocycles. The summed E-state index contributed by atoms with van der Waals surface area (Å²) in [5, 5.41) is 0. The van der Waals surface area contributed by atoms with Crippen LogP contribution in [0.1, 0.15) is 38.3 Å². The molecule has 8 nitrogen and oxygen atoms in total. The summed E-state index contributed by atoms with van der Waals surface area (Å²) >= 11 is 3.34. The number of ether oxygens (including phenoxy) is 2. The van der Waals surface area contributed by atoms with Crippen molar-refractivity contribution in [2.45, 2.75) is 45.8 Å². The van der Waals surface area contributed by atoms with Gasteiger partial charge in [0.1, 0.15) is 12.2 Å². The van der Waals surface area contributed by atoms with E-state index < -0.39 is 17.5 Å². The average molecular weight is 595 g/mol. The Morgan fingerprint density at radius 1 is 0.974 bits per heavy atom. The monoisotopic (exact) mass is 593 g/mol. The SMILES string of the molecule is CC(C)(C)OC(=O)C1CN(C(=O)[C@@H](CC(=O)OCc2ccccc2)Cc2ccc(-c3ncc(Br)cn3)cc2)C1. The van der Waals surface area contributed by atoms with Gasteiger partial charge in [0.2, 0.25) is 5.91 Å². The van der Waals surface area contributed by atoms with Crippen molar-refractivity contribution in [1.29, 1.82) is 0 Å². The first kappa shape index (κ1) is 28.4. The zero-order valence-electron chi connectivity index (χ0n) is 22.3. The minimum absolute atomic E-state index is 0.0587. The first-order valence-corrected chi connectivity index (χ1v) is 13.6. The number of esters is 2. The van der Waals surface area contributed by atoms with Crippen molar-refractivity contribution in [1.82, 2.24) is 14.9 Å². The summed E-state index contributed by atoms with van der Waals surface area (Å²) in [5.74, 6) is -1.31. The second-order valence-electron chi connectivity index (χ2n) is 10.6. The molecule has 1 aromatic heterocycles. The summed E-state index contributed by atoms with van der Waals surface area (Å²) in [6.45, 7) is 6.16. The molecule has 3 aromatic rings. The topological polar surface area (TPSA) is 98.7 Å². The van der Waals surface area contributed by atoms with Gasteiger partial charge in [0.05, 0.1) is 22.7 Å². The van der Waals surface area contributed by atoms with E-state index >= 15 is 0 Å². The molecule has 0 spiro atoms. The third kappa shape index (κ3) is 8.20. The fourth-order valence-corrected chi connectivity index (χ4v) is 4.44. The van der Waals surface area contributed by atoms with E-state index in [-0.39, 0.29) is 43.9 Å². The molecule has 1 fully saturated rings. The normalized spacial score (nSPS) is 14.3. The number of hydrogen-bond donors (Lipinski definition) is 0. The third-order valence-corrected chi connectivity index (χ3v) is 6.66. The minimum Gasteiger partial charge on any atom is -0.461 e. The third-order valence-electron chi connectivity index (χ3n) is 6.25. The highest BCUT2D eigenvalue weighted by Gasteiger charge is 2.40. The fourth-order valence-electron chi connectivity index (χ4n) is 4.23. The molecule has 1 amide bonds. The van der Waals surface area contributed by atoms with Crippen molar-refractivity contribution in [2.24, 2.45) is 11.8 Å². The summed E-state index contributed by atoms with van der Waals surface area (Å²) in [4.78, 5) is 48.9. The number of benzene rings is 2. The number of carbonyl (C=O) groups excluding carboxylic acids is 3. The Balaban J connectivity index is 1.42. The Bertz CT molecular complexity index is 1280. The Labute approximate surface area is 236 Å². The lowest BCUT2D eigenvalue weighted by molar-refractivity contribution is -0.169. The predicted molar refractivity (Wildman–Crippen MR) is 149 cm³/mol. The van der Waals surface area contributed by atoms with Gasteiger partial charge in [-0.2, -0.15) is 0 Å². The van der Waals surface area contributed by atoms with Crippen LogP contribution < -0.4 is 0 Å². The van der Waals surface area contributed by atoms with Gasteiger partial charge in [-0.05, 0) is 54.2 Å². The molecule has 1 aliphatic rings. The highest BCUT2D eigenvalue weighted by molar-refractivity contribution is 9.10. The van der Waals surface area contributed by atoms with Crippen LogP contribution in [0.15, 0.2) is 71.5 Å². The van der Waals surface area contributed by atoms with Crippen molar-refractivity contribution in [3.05, 3.63) is 82.6 Å². The zero-order chi connectivity index (χ0) is 28.0. The largest absolute Gasteiger partial charge is 0.461 e. The molecule has 4 rings (SSSR count). The van der Waals surface area contributed by atoms with E-state index in [0.717, 1.165) is 21.2 Å². The van der Waals surface area contributed by atoms with Gasteiger partial charge in [0.15, 0.2) is 5.82 Å². The van der Waals surface area contributed by atoms with Gasteiger partial charge >= 0.3 is 11.9 Å². The Kier molecular flexibility index (Phi) is 9.12. The molecule has 39 heavy (non-hydrogen) atoms. The quantitative estimate of drug-likeness (QED) is 0.322. The van der Waals surface area contributed by atoms with Crippen LogP contribution in [0.25, 0.3) is 11.4 Å². The summed E-state index contributed by atoms with van der Waals surface area (Å²) in [7, 11) is 0. The van der Waals surface area contributed by atoms with Crippen molar-refractivity contribution < 1.29 is 23.9 Å². The average Bonchev–Trinajstić information content (AvgIpc) is 2.87. The first-order chi connectivity index (χ1) is 18.6. The van der Waals surface area contributed by atoms with Gasteiger partial charge in [-0.25, -0.2) is 9.97 Å². The van der Waals surface area contributed by atoms with Crippen LogP contribution in [0.2, 0.25) is 0 Å². The number of rotatable bonds is 9. The molecule has 0 N–H and O–H groups in total. The first-order valence-electron chi connectivity index (χ1n) is 12.9. The van der Waals surface area contributed by atoms with Crippen LogP contribution in [0.3, 0.4) is 0 Å². The Hall–Kier alpha value is -3.59. The maximum atomic E-state index is 13.5. The number of hydrogen-bond acceptors (Lipinski definition) is 7. The van der Waals surface area contributed by atoms with Crippen LogP contribution in [0.4, 0.5) is 0 Å². The lowest BCUT2D eigenvalue weighted by Crippen LogP contribution is -2.56. The van der Waals surface area contributed by atoms with Gasteiger partial charge < -0.3 is 14.4 Å². The number of halogens is 1. The standard InChI is InChI=1S/C30H32BrN3O5/c1-30(2,3)39-29(37)24-17-34(18-24)28(36)23(14-26(35)38-19-21-7-5-4-6-8-21)13-20-9-11-22(12-10-20)27-32-15-25(31)16-33-27/h4-12,15-16,23-24H,13-14,17-19H2,1-3H3/t23-/m1/s1. The van der Waals surface area contributed by atoms with E-state index in [1.165, 1.54) is 0 Å². The summed E-state index contributed by atoms with van der Waals surface area (Å²) in [6, 6.07) is 17.0. The molecule has 0 aliphatic carbocycles. The highest BCUT2D eigenvalue weighted by atomic mass is 79.9. The molecular formula is C30H32BrN3O5. The fraction of sp³-hybridized carbons (Fsp3) is 0.367. The minimum atomic E-state index is -0.623. The molecule has 0 unspecified atom stereocenters. The van der Waals surface area contributed by atoms with E-state index in [1.807, 2.05) is 75.4 Å². The van der Waals surface area contributed by atoms with Crippen LogP contribution in [0.5, 0.6) is 0 Å². The highest BCUT2D eigenvalue weighted by Crippen LogP contribution is 2.26. The van der Waals surface area contributed by atoms with Crippen molar-refractivity contribution >= 4 is 33.8 Å². The van der Waals surface area contributed by atoms with Gasteiger partial charge in [-0.1, -0.05) is 54.6 Å². The molecule has 2 heterocycles. The second-order valence-corrected chi connectivity index (χ2v) is 11.6. The molecule has 2 aromatic carbocycles. The van der Waals surface area contributed by atoms with Gasteiger partial charge in [-0.3, -0.25) is 14.4 Å². The van der Waals surface area contributed by atoms with Crippen LogP contribution in [0, 0.1) is 11.8 Å². The van der Waals surface area contributed by atoms with Gasteiger partial charge in [0.25, 0.3) is 0 Å². The van der Waals surface area contributed by atoms with Crippen molar-refractivity contribution in [2.75, 3.05) is 13.1 Å². The number of carbonyl (C=O) groups is 3. The summed E-state index contributed by atoms with van der Waals surface area (Å²) < 4.78 is 11.7. The molecule has 0 radical (unpaired) electrons. The predicted octanol–water partition coefficient (Wildman–Crippen LogP) is 5.00. The van der Waals surface area contributed by atoms with Crippen LogP contribution >= 0.6 is 15.9 Å². The molecule has 0 bridgehead atoms. The lowest BCUT2D eigenvalue weighted by atomic mass is 9.91. The maximum absolute atomic E-state index is 13.5. The van der Waals surface area contributed by atoms with Gasteiger partial charge in [0, 0.05) is 31.0 Å². The summed E-state index contributed by atoms with van der Waals surface area (Å²) in [5.41, 5.74) is 2.04. The zero-order valence-corrected chi connectivity index (χ0v) is 23.9. The van der Waals surface area contributed by atoms with E-state index in [4.69, 9.17) is 9.47 Å². The van der Waals surface area contributed by atoms with E-state index in [2.05, 4.69) is 25.9 Å². The van der Waals surface area contributed by atoms with E-state index in [1.54, 1.807) is 17.3 Å². The molecule has 0 saturated carbocycles. The number of likely N-dealkylation sites (tertiary alicyclic amines) is 1. The number of nitrogens with zero attached hydrogens (tertiary/aromatic N) is 3. The van der Waals surface area contributed by atoms with Crippen molar-refractivity contribution in [3.8, 4) is 11.4 Å². The summed E-state index contributed by atoms with van der Waals surface area (Å²) in [6.07, 6.45) is 3.67. The maximum Gasteiger partial charge on any atom is 0.313 e. The molecule has 1 saturated heterocycles. The molecule has 204 valence electrons. The molecule has 9 heteroatoms. The van der Waals surface area contributed by atoms with Gasteiger partial charge in [-0.15, -0.1) is 0 Å². The molecule has 1 atom stereocenters. The smallest absolute Gasteiger partial charge is 0.313 e. The van der Waals surface area contributed by atoms with Crippen molar-refractivity contribution in [3.63, 3.8) is 0 Å². The van der Waals surface area contributed by atoms with Crippen LogP contribution in [-0.4, -0.2) is 51.4 Å².